The van der Waals surface area contributed by atoms with Gasteiger partial charge in [-0.05, 0) is 6.92 Å². The van der Waals surface area contributed by atoms with Crippen molar-refractivity contribution in [3.63, 3.8) is 0 Å². The van der Waals surface area contributed by atoms with E-state index in [0.29, 0.717) is 8.96 Å². The summed E-state index contributed by atoms with van der Waals surface area (Å²) in [6.07, 6.45) is 0. The normalized spacial score (nSPS) is 15.4. The van der Waals surface area contributed by atoms with E-state index in [0.717, 1.165) is 0 Å². The van der Waals surface area contributed by atoms with E-state index >= 15 is 0 Å². The Morgan fingerprint density at radius 3 is 2.88 bits per heavy atom. The van der Waals surface area contributed by atoms with Gasteiger partial charge in [0.2, 0.25) is 0 Å². The lowest BCUT2D eigenvalue weighted by Gasteiger charge is -2.07. The zero-order chi connectivity index (χ0) is 6.41. The Labute approximate surface area is 51.3 Å². The van der Waals surface area contributed by atoms with Crippen molar-refractivity contribution in [1.82, 2.24) is 5.09 Å². The third-order valence-corrected chi connectivity index (χ3v) is 1.50. The first kappa shape index (κ1) is 8.31. The van der Waals surface area contributed by atoms with Crippen LogP contribution in [0.15, 0.2) is 0 Å². The summed E-state index contributed by atoms with van der Waals surface area (Å²) >= 11 is 0. The molecule has 2 atom stereocenters. The Hall–Kier alpha value is 0.310. The Balaban J connectivity index is 2.86. The zero-order valence-corrected chi connectivity index (χ0v) is 6.14. The van der Waals surface area contributed by atoms with Crippen molar-refractivity contribution in [3.05, 3.63) is 0 Å². The van der Waals surface area contributed by atoms with E-state index in [-0.39, 0.29) is 12.6 Å². The topological polar surface area (TPSA) is 41.5 Å². The van der Waals surface area contributed by atoms with Gasteiger partial charge in [-0.1, -0.05) is 0 Å². The SMILES string of the molecule is COPNC(C)CO. The van der Waals surface area contributed by atoms with Crippen LogP contribution in [0.1, 0.15) is 6.92 Å². The summed E-state index contributed by atoms with van der Waals surface area (Å²) in [5.74, 6) is 0. The van der Waals surface area contributed by atoms with E-state index in [1.165, 1.54) is 0 Å². The van der Waals surface area contributed by atoms with E-state index < -0.39 is 0 Å². The maximum atomic E-state index is 8.45. The third kappa shape index (κ3) is 4.47. The van der Waals surface area contributed by atoms with Crippen LogP contribution in [0.5, 0.6) is 0 Å². The summed E-state index contributed by atoms with van der Waals surface area (Å²) in [4.78, 5) is 0. The molecule has 0 fully saturated rings. The molecule has 0 saturated carbocycles. The van der Waals surface area contributed by atoms with Crippen LogP contribution in [0.2, 0.25) is 0 Å². The van der Waals surface area contributed by atoms with E-state index in [9.17, 15) is 0 Å². The van der Waals surface area contributed by atoms with Gasteiger partial charge in [-0.15, -0.1) is 0 Å². The van der Waals surface area contributed by atoms with Crippen molar-refractivity contribution >= 4 is 8.96 Å². The number of rotatable bonds is 4. The average Bonchev–Trinajstić information content (AvgIpc) is 1.83. The van der Waals surface area contributed by atoms with Gasteiger partial charge in [0.25, 0.3) is 0 Å². The third-order valence-electron chi connectivity index (χ3n) is 0.681. The molecule has 0 aromatic carbocycles. The fourth-order valence-electron chi connectivity index (χ4n) is 0.205. The van der Waals surface area contributed by atoms with Crippen molar-refractivity contribution in [3.8, 4) is 0 Å². The maximum Gasteiger partial charge on any atom is 0.0860 e. The molecule has 4 heteroatoms. The molecule has 8 heavy (non-hydrogen) atoms. The highest BCUT2D eigenvalue weighted by molar-refractivity contribution is 7.29. The molecule has 0 aliphatic carbocycles. The van der Waals surface area contributed by atoms with Crippen LogP contribution in [0.25, 0.3) is 0 Å². The second-order valence-electron chi connectivity index (χ2n) is 1.53. The summed E-state index contributed by atoms with van der Waals surface area (Å²) < 4.78 is 4.72. The minimum Gasteiger partial charge on any atom is -0.395 e. The second-order valence-corrected chi connectivity index (χ2v) is 2.44. The largest absolute Gasteiger partial charge is 0.395 e. The lowest BCUT2D eigenvalue weighted by atomic mass is 10.4. The molecule has 0 aromatic rings. The number of aliphatic hydroxyl groups is 1. The van der Waals surface area contributed by atoms with Gasteiger partial charge in [-0.2, -0.15) is 0 Å². The van der Waals surface area contributed by atoms with Crippen LogP contribution < -0.4 is 5.09 Å². The minimum atomic E-state index is 0.147. The van der Waals surface area contributed by atoms with Crippen molar-refractivity contribution in [2.75, 3.05) is 13.7 Å². The smallest absolute Gasteiger partial charge is 0.0860 e. The quantitative estimate of drug-likeness (QED) is 0.540. The monoisotopic (exact) mass is 137 g/mol. The highest BCUT2D eigenvalue weighted by Crippen LogP contribution is 2.02. The number of hydrogen-bond donors (Lipinski definition) is 2. The number of aliphatic hydroxyl groups excluding tert-OH is 1. The molecule has 0 saturated heterocycles. The number of hydrogen-bond acceptors (Lipinski definition) is 3. The second kappa shape index (κ2) is 5.45. The molecule has 0 aromatic heterocycles. The lowest BCUT2D eigenvalue weighted by Crippen LogP contribution is -2.21. The van der Waals surface area contributed by atoms with Crippen LogP contribution in [-0.4, -0.2) is 24.9 Å². The predicted octanol–water partition coefficient (Wildman–Crippen LogP) is 0.112. The Kier molecular flexibility index (Phi) is 5.66. The van der Waals surface area contributed by atoms with Crippen LogP contribution in [0.4, 0.5) is 0 Å². The molecule has 0 bridgehead atoms. The zero-order valence-electron chi connectivity index (χ0n) is 5.14. The highest BCUT2D eigenvalue weighted by Gasteiger charge is 1.94. The van der Waals surface area contributed by atoms with Crippen LogP contribution in [0.3, 0.4) is 0 Å². The Morgan fingerprint density at radius 2 is 2.50 bits per heavy atom. The average molecular weight is 137 g/mol. The Morgan fingerprint density at radius 1 is 1.88 bits per heavy atom. The molecule has 0 radical (unpaired) electrons. The number of nitrogens with one attached hydrogen (secondary N) is 1. The molecule has 2 N–H and O–H groups in total. The lowest BCUT2D eigenvalue weighted by molar-refractivity contribution is 0.264. The first-order chi connectivity index (χ1) is 3.81. The van der Waals surface area contributed by atoms with E-state index in [2.05, 4.69) is 5.09 Å². The van der Waals surface area contributed by atoms with Gasteiger partial charge in [0, 0.05) is 13.2 Å². The summed E-state index contributed by atoms with van der Waals surface area (Å²) in [6.45, 7) is 2.06. The molecule has 3 nitrogen and oxygen atoms in total. The predicted molar refractivity (Wildman–Crippen MR) is 35.0 cm³/mol. The van der Waals surface area contributed by atoms with Gasteiger partial charge in [-0.3, -0.25) is 5.09 Å². The van der Waals surface area contributed by atoms with Gasteiger partial charge in [0.15, 0.2) is 0 Å². The molecule has 0 heterocycles. The molecule has 0 aliphatic rings. The van der Waals surface area contributed by atoms with E-state index in [1.807, 2.05) is 6.92 Å². The van der Waals surface area contributed by atoms with Gasteiger partial charge in [-0.25, -0.2) is 0 Å². The van der Waals surface area contributed by atoms with E-state index in [1.54, 1.807) is 7.11 Å². The first-order valence-corrected chi connectivity index (χ1v) is 3.36. The molecular formula is C4H12NO2P. The van der Waals surface area contributed by atoms with Crippen molar-refractivity contribution in [2.24, 2.45) is 0 Å². The van der Waals surface area contributed by atoms with Crippen LogP contribution >= 0.6 is 8.96 Å². The summed E-state index contributed by atoms with van der Waals surface area (Å²) in [5.41, 5.74) is 0. The van der Waals surface area contributed by atoms with Gasteiger partial charge < -0.3 is 9.63 Å². The molecule has 0 amide bonds. The van der Waals surface area contributed by atoms with Crippen molar-refractivity contribution < 1.29 is 9.63 Å². The van der Waals surface area contributed by atoms with Crippen molar-refractivity contribution in [2.45, 2.75) is 13.0 Å². The van der Waals surface area contributed by atoms with Crippen molar-refractivity contribution in [1.29, 1.82) is 0 Å². The molecule has 0 aliphatic heterocycles. The first-order valence-electron chi connectivity index (χ1n) is 2.45. The van der Waals surface area contributed by atoms with Gasteiger partial charge in [0.05, 0.1) is 15.6 Å². The molecular weight excluding hydrogens is 125 g/mol. The minimum absolute atomic E-state index is 0.147. The van der Waals surface area contributed by atoms with Gasteiger partial charge >= 0.3 is 0 Å². The van der Waals surface area contributed by atoms with Gasteiger partial charge in [0.1, 0.15) is 0 Å². The van der Waals surface area contributed by atoms with E-state index in [4.69, 9.17) is 9.63 Å². The van der Waals surface area contributed by atoms with Crippen LogP contribution in [0, 0.1) is 0 Å². The molecule has 50 valence electrons. The molecule has 0 spiro atoms. The maximum absolute atomic E-state index is 8.45. The molecule has 0 rings (SSSR count). The summed E-state index contributed by atoms with van der Waals surface area (Å²) in [7, 11) is 1.91. The van der Waals surface area contributed by atoms with Crippen LogP contribution in [-0.2, 0) is 4.52 Å². The standard InChI is InChI=1S/C4H12NO2P/c1-4(3-6)5-8-7-2/h4-6,8H,3H2,1-2H3. The Bertz CT molecular complexity index is 53.3. The summed E-state index contributed by atoms with van der Waals surface area (Å²) in [5, 5.41) is 11.4. The fraction of sp³-hybridized carbons (Fsp3) is 1.00. The molecule has 2 unspecified atom stereocenters. The summed E-state index contributed by atoms with van der Waals surface area (Å²) in [6, 6.07) is 0.147. The highest BCUT2D eigenvalue weighted by atomic mass is 31.1. The fourth-order valence-corrected chi connectivity index (χ4v) is 0.615.